The molecule has 0 saturated carbocycles. The molecule has 1 N–H and O–H groups in total. The monoisotopic (exact) mass is 312 g/mol. The number of carboxylic acid groups (broad SMARTS) is 1. The van der Waals surface area contributed by atoms with E-state index in [0.717, 1.165) is 0 Å². The quantitative estimate of drug-likeness (QED) is 0.904. The van der Waals surface area contributed by atoms with Crippen molar-refractivity contribution in [3.8, 4) is 5.75 Å². The Hall–Kier alpha value is -1.79. The summed E-state index contributed by atoms with van der Waals surface area (Å²) in [6.45, 7) is 2.06. The first-order valence-electron chi connectivity index (χ1n) is 6.58. The van der Waals surface area contributed by atoms with Crippen LogP contribution in [-0.2, 0) is 4.79 Å². The smallest absolute Gasteiger partial charge is 0.317 e. The van der Waals surface area contributed by atoms with Crippen LogP contribution in [0.25, 0.3) is 0 Å². The summed E-state index contributed by atoms with van der Waals surface area (Å²) in [6, 6.07) is 4.92. The Bertz CT molecular complexity index is 542. The molecule has 0 bridgehead atoms. The number of hydrogen-bond acceptors (Lipinski definition) is 4. The molecule has 1 aliphatic rings. The molecule has 0 aliphatic carbocycles. The number of nitrogens with zero attached hydrogens (tertiary/aromatic N) is 2. The highest BCUT2D eigenvalue weighted by atomic mass is 35.5. The van der Waals surface area contributed by atoms with E-state index in [1.54, 1.807) is 28.0 Å². The van der Waals surface area contributed by atoms with Crippen molar-refractivity contribution in [2.45, 2.75) is 0 Å². The Morgan fingerprint density at radius 3 is 2.52 bits per heavy atom. The molecule has 1 aromatic carbocycles. The average Bonchev–Trinajstić information content (AvgIpc) is 2.46. The van der Waals surface area contributed by atoms with Gasteiger partial charge < -0.3 is 14.7 Å². The standard InChI is InChI=1S/C14H17ClN2O4/c1-21-12-3-2-10(15)8-11(12)14(20)17-6-4-16(5-7-17)9-13(18)19/h2-3,8H,4-7,9H2,1H3,(H,18,19). The fourth-order valence-electron chi connectivity index (χ4n) is 2.32. The number of carbonyl (C=O) groups is 2. The van der Waals surface area contributed by atoms with Crippen molar-refractivity contribution in [2.24, 2.45) is 0 Å². The minimum absolute atomic E-state index is 0.00250. The van der Waals surface area contributed by atoms with E-state index in [-0.39, 0.29) is 12.5 Å². The van der Waals surface area contributed by atoms with Gasteiger partial charge in [0.25, 0.3) is 5.91 Å². The lowest BCUT2D eigenvalue weighted by Gasteiger charge is -2.34. The molecule has 1 amide bonds. The van der Waals surface area contributed by atoms with E-state index < -0.39 is 5.97 Å². The second kappa shape index (κ2) is 6.78. The van der Waals surface area contributed by atoms with Crippen LogP contribution in [0.4, 0.5) is 0 Å². The molecule has 0 spiro atoms. The molecule has 0 atom stereocenters. The van der Waals surface area contributed by atoms with Crippen molar-refractivity contribution in [1.29, 1.82) is 0 Å². The third kappa shape index (κ3) is 3.86. The van der Waals surface area contributed by atoms with Crippen molar-refractivity contribution in [2.75, 3.05) is 39.8 Å². The molecular weight excluding hydrogens is 296 g/mol. The van der Waals surface area contributed by atoms with Crippen molar-refractivity contribution >= 4 is 23.5 Å². The first kappa shape index (κ1) is 15.6. The van der Waals surface area contributed by atoms with E-state index in [4.69, 9.17) is 21.4 Å². The molecule has 0 aromatic heterocycles. The molecule has 0 unspecified atom stereocenters. The number of piperazine rings is 1. The second-order valence-corrected chi connectivity index (χ2v) is 5.24. The summed E-state index contributed by atoms with van der Waals surface area (Å²) in [5.74, 6) is -0.520. The van der Waals surface area contributed by atoms with Crippen LogP contribution in [0.2, 0.25) is 5.02 Å². The number of ether oxygens (including phenoxy) is 1. The van der Waals surface area contributed by atoms with Gasteiger partial charge in [-0.3, -0.25) is 14.5 Å². The van der Waals surface area contributed by atoms with Gasteiger partial charge in [0.2, 0.25) is 0 Å². The summed E-state index contributed by atoms with van der Waals surface area (Å²) in [4.78, 5) is 26.7. The predicted octanol–water partition coefficient (Wildman–Crippen LogP) is 1.19. The van der Waals surface area contributed by atoms with Gasteiger partial charge in [-0.25, -0.2) is 0 Å². The van der Waals surface area contributed by atoms with Crippen molar-refractivity contribution < 1.29 is 19.4 Å². The molecule has 1 fully saturated rings. The van der Waals surface area contributed by atoms with Gasteiger partial charge in [-0.05, 0) is 18.2 Å². The Balaban J connectivity index is 2.05. The summed E-state index contributed by atoms with van der Waals surface area (Å²) in [7, 11) is 1.50. The SMILES string of the molecule is COc1ccc(Cl)cc1C(=O)N1CCN(CC(=O)O)CC1. The predicted molar refractivity (Wildman–Crippen MR) is 78.0 cm³/mol. The summed E-state index contributed by atoms with van der Waals surface area (Å²) in [5.41, 5.74) is 0.427. The van der Waals surface area contributed by atoms with Crippen LogP contribution < -0.4 is 4.74 Å². The van der Waals surface area contributed by atoms with E-state index in [0.29, 0.717) is 42.5 Å². The molecule has 2 rings (SSSR count). The lowest BCUT2D eigenvalue weighted by molar-refractivity contribution is -0.138. The Kier molecular flexibility index (Phi) is 5.03. The zero-order chi connectivity index (χ0) is 15.4. The third-order valence-corrected chi connectivity index (χ3v) is 3.65. The number of benzene rings is 1. The lowest BCUT2D eigenvalue weighted by Crippen LogP contribution is -2.49. The average molecular weight is 313 g/mol. The number of carbonyl (C=O) groups excluding carboxylic acids is 1. The van der Waals surface area contributed by atoms with Gasteiger partial charge in [0.1, 0.15) is 5.75 Å². The number of halogens is 1. The zero-order valence-electron chi connectivity index (χ0n) is 11.7. The molecule has 1 aromatic rings. The van der Waals surface area contributed by atoms with Gasteiger partial charge in [-0.15, -0.1) is 0 Å². The van der Waals surface area contributed by atoms with Crippen LogP contribution in [0.3, 0.4) is 0 Å². The summed E-state index contributed by atoms with van der Waals surface area (Å²) in [5, 5.41) is 9.24. The first-order valence-corrected chi connectivity index (χ1v) is 6.96. The van der Waals surface area contributed by atoms with Crippen LogP contribution in [0, 0.1) is 0 Å². The molecule has 21 heavy (non-hydrogen) atoms. The van der Waals surface area contributed by atoms with E-state index in [1.807, 2.05) is 0 Å². The second-order valence-electron chi connectivity index (χ2n) is 4.81. The molecule has 1 heterocycles. The van der Waals surface area contributed by atoms with E-state index in [1.165, 1.54) is 7.11 Å². The number of amides is 1. The van der Waals surface area contributed by atoms with E-state index in [2.05, 4.69) is 0 Å². The topological polar surface area (TPSA) is 70.1 Å². The maximum absolute atomic E-state index is 12.5. The number of rotatable bonds is 4. The van der Waals surface area contributed by atoms with Crippen molar-refractivity contribution in [1.82, 2.24) is 9.80 Å². The van der Waals surface area contributed by atoms with Gasteiger partial charge in [0.15, 0.2) is 0 Å². The lowest BCUT2D eigenvalue weighted by atomic mass is 10.1. The minimum Gasteiger partial charge on any atom is -0.496 e. The Labute approximate surface area is 127 Å². The van der Waals surface area contributed by atoms with Gasteiger partial charge in [-0.2, -0.15) is 0 Å². The van der Waals surface area contributed by atoms with Gasteiger partial charge in [0.05, 0.1) is 19.2 Å². The number of methoxy groups -OCH3 is 1. The number of carboxylic acids is 1. The molecule has 7 heteroatoms. The molecular formula is C14H17ClN2O4. The highest BCUT2D eigenvalue weighted by Crippen LogP contribution is 2.24. The Morgan fingerprint density at radius 1 is 1.29 bits per heavy atom. The van der Waals surface area contributed by atoms with Crippen LogP contribution in [0.5, 0.6) is 5.75 Å². The minimum atomic E-state index is -0.855. The highest BCUT2D eigenvalue weighted by molar-refractivity contribution is 6.31. The van der Waals surface area contributed by atoms with Crippen LogP contribution in [0.15, 0.2) is 18.2 Å². The first-order chi connectivity index (χ1) is 10.0. The molecule has 1 saturated heterocycles. The fourth-order valence-corrected chi connectivity index (χ4v) is 2.49. The summed E-state index contributed by atoms with van der Waals surface area (Å²) in [6.07, 6.45) is 0. The van der Waals surface area contributed by atoms with Crippen LogP contribution in [0.1, 0.15) is 10.4 Å². The van der Waals surface area contributed by atoms with E-state index >= 15 is 0 Å². The summed E-state index contributed by atoms with van der Waals surface area (Å²) >= 11 is 5.94. The molecule has 0 radical (unpaired) electrons. The normalized spacial score (nSPS) is 15.8. The highest BCUT2D eigenvalue weighted by Gasteiger charge is 2.25. The van der Waals surface area contributed by atoms with Crippen LogP contribution in [-0.4, -0.2) is 66.6 Å². The number of aliphatic carboxylic acids is 1. The largest absolute Gasteiger partial charge is 0.496 e. The van der Waals surface area contributed by atoms with E-state index in [9.17, 15) is 9.59 Å². The van der Waals surface area contributed by atoms with Gasteiger partial charge >= 0.3 is 5.97 Å². The maximum Gasteiger partial charge on any atom is 0.317 e. The van der Waals surface area contributed by atoms with Crippen LogP contribution >= 0.6 is 11.6 Å². The zero-order valence-corrected chi connectivity index (χ0v) is 12.5. The fraction of sp³-hybridized carbons (Fsp3) is 0.429. The molecule has 6 nitrogen and oxygen atoms in total. The third-order valence-electron chi connectivity index (χ3n) is 3.41. The number of hydrogen-bond donors (Lipinski definition) is 1. The van der Waals surface area contributed by atoms with Crippen molar-refractivity contribution in [3.05, 3.63) is 28.8 Å². The van der Waals surface area contributed by atoms with Gasteiger partial charge in [0, 0.05) is 31.2 Å². The Morgan fingerprint density at radius 2 is 1.95 bits per heavy atom. The molecule has 1 aliphatic heterocycles. The maximum atomic E-state index is 12.5. The van der Waals surface area contributed by atoms with Gasteiger partial charge in [-0.1, -0.05) is 11.6 Å². The summed E-state index contributed by atoms with van der Waals surface area (Å²) < 4.78 is 5.19. The molecule has 114 valence electrons. The van der Waals surface area contributed by atoms with Crippen molar-refractivity contribution in [3.63, 3.8) is 0 Å².